The van der Waals surface area contributed by atoms with Gasteiger partial charge in [-0.05, 0) is 0 Å². The average molecular weight is 648 g/mol. The van der Waals surface area contributed by atoms with Crippen LogP contribution in [0.25, 0.3) is 0 Å². The maximum atomic E-state index is 11.9. The van der Waals surface area contributed by atoms with Gasteiger partial charge in [0, 0.05) is 0 Å². The van der Waals surface area contributed by atoms with E-state index in [-0.39, 0.29) is 0 Å². The molecule has 24 nitrogen and oxygen atoms in total. The zero-order valence-electron chi connectivity index (χ0n) is 15.2. The molecule has 6 heterocycles. The second kappa shape index (κ2) is 5.45. The highest BCUT2D eigenvalue weighted by molar-refractivity contribution is 7.85. The quantitative estimate of drug-likeness (QED) is 0.236. The Balaban J connectivity index is 1.60. The van der Waals surface area contributed by atoms with Crippen LogP contribution < -0.4 is 0 Å². The summed E-state index contributed by atoms with van der Waals surface area (Å²) >= 11 is 0. The minimum Gasteiger partial charge on any atom is -0.199 e. The van der Waals surface area contributed by atoms with Gasteiger partial charge in [-0.25, -0.2) is 0 Å². The van der Waals surface area contributed by atoms with Crippen LogP contribution in [0.5, 0.6) is 0 Å². The molecular weight excluding hydrogens is 648 g/mol. The van der Waals surface area contributed by atoms with E-state index in [2.05, 4.69) is 50.2 Å². The fourth-order valence-corrected chi connectivity index (χ4v) is 10.5. The molecule has 1 saturated carbocycles. The number of hydrogen-bond acceptors (Lipinski definition) is 24. The second-order valence-electron chi connectivity index (χ2n) is 7.15. The highest BCUT2D eigenvalue weighted by Gasteiger charge is 3.15. The van der Waals surface area contributed by atoms with Gasteiger partial charge in [-0.1, -0.05) is 0 Å². The molecule has 0 aromatic heterocycles. The van der Waals surface area contributed by atoms with Crippen molar-refractivity contribution in [1.82, 2.24) is 0 Å². The Morgan fingerprint density at radius 3 is 0.361 bits per heavy atom. The van der Waals surface area contributed by atoms with Crippen LogP contribution in [0.1, 0.15) is 0 Å². The van der Waals surface area contributed by atoms with Gasteiger partial charge in [-0.2, -0.15) is 101 Å². The number of fused-ring (bicyclic) bond motifs is 6. The van der Waals surface area contributed by atoms with Crippen molar-refractivity contribution in [2.45, 2.75) is 34.7 Å². The van der Waals surface area contributed by atoms with Crippen LogP contribution >= 0.6 is 0 Å². The number of hydrogen-bond donors (Lipinski definition) is 0. The van der Waals surface area contributed by atoms with Crippen molar-refractivity contribution in [2.75, 3.05) is 0 Å². The molecule has 0 unspecified atom stereocenters. The summed E-state index contributed by atoms with van der Waals surface area (Å²) < 4.78 is 195. The molecule has 0 aromatic carbocycles. The van der Waals surface area contributed by atoms with E-state index in [1.807, 2.05) is 0 Å². The van der Waals surface area contributed by atoms with Gasteiger partial charge in [0.05, 0.1) is 0 Å². The summed E-state index contributed by atoms with van der Waals surface area (Å²) in [6, 6.07) is 0. The van der Waals surface area contributed by atoms with E-state index in [1.54, 1.807) is 0 Å². The van der Waals surface area contributed by atoms with Gasteiger partial charge in [0.2, 0.25) is 0 Å². The molecule has 7 aliphatic rings. The van der Waals surface area contributed by atoms with Gasteiger partial charge < -0.3 is 0 Å². The van der Waals surface area contributed by atoms with Crippen LogP contribution in [0.4, 0.5) is 0 Å². The maximum Gasteiger partial charge on any atom is 0.406 e. The van der Waals surface area contributed by atoms with E-state index >= 15 is 0 Å². The Labute approximate surface area is 197 Å². The standard InChI is InChI=1S/C6O24S6/c7-31(8)19-1(20-31)2(21-32(9,10)22-2)4(25-34(13,14)26-4)6(29-36(17,18)30-6)5(27-35(15,16)28-5)3(1)23-33(11,12)24-3. The van der Waals surface area contributed by atoms with Crippen molar-refractivity contribution in [3.05, 3.63) is 0 Å². The average Bonchev–Trinajstić information content (AvgIpc) is 2.52. The molecule has 6 spiro atoms. The summed E-state index contributed by atoms with van der Waals surface area (Å²) in [4.78, 5) is 0. The van der Waals surface area contributed by atoms with Gasteiger partial charge in [-0.3, -0.25) is 0 Å². The molecule has 6 aliphatic heterocycles. The Hall–Kier alpha value is -0.780. The van der Waals surface area contributed by atoms with Gasteiger partial charge in [0.15, 0.2) is 0 Å². The minimum absolute atomic E-state index is 4.02. The van der Waals surface area contributed by atoms with E-state index in [0.717, 1.165) is 0 Å². The fraction of sp³-hybridized carbons (Fsp3) is 1.00. The first-order valence-electron chi connectivity index (χ1n) is 7.95. The van der Waals surface area contributed by atoms with Crippen LogP contribution in [0, 0.1) is 0 Å². The van der Waals surface area contributed by atoms with Crippen LogP contribution in [0.3, 0.4) is 0 Å². The molecule has 7 fully saturated rings. The molecule has 204 valence electrons. The molecule has 0 amide bonds. The van der Waals surface area contributed by atoms with E-state index in [9.17, 15) is 50.5 Å². The molecule has 6 saturated heterocycles. The van der Waals surface area contributed by atoms with Gasteiger partial charge in [-0.15, -0.1) is 0 Å². The fourth-order valence-electron chi connectivity index (χ4n) is 4.38. The first-order chi connectivity index (χ1) is 16.0. The lowest BCUT2D eigenvalue weighted by Gasteiger charge is -2.76. The van der Waals surface area contributed by atoms with Crippen molar-refractivity contribution in [1.29, 1.82) is 0 Å². The van der Waals surface area contributed by atoms with E-state index < -0.39 is 97.1 Å². The zero-order valence-corrected chi connectivity index (χ0v) is 20.1. The molecule has 0 radical (unpaired) electrons. The maximum absolute atomic E-state index is 11.9. The topological polar surface area (TPSA) is 316 Å². The summed E-state index contributed by atoms with van der Waals surface area (Å²) in [6.45, 7) is 0. The number of rotatable bonds is 0. The van der Waals surface area contributed by atoms with E-state index in [4.69, 9.17) is 0 Å². The van der Waals surface area contributed by atoms with Crippen LogP contribution in [0.2, 0.25) is 0 Å². The van der Waals surface area contributed by atoms with Crippen molar-refractivity contribution in [3.8, 4) is 0 Å². The lowest BCUT2D eigenvalue weighted by atomic mass is 9.69. The Kier molecular flexibility index (Phi) is 3.68. The van der Waals surface area contributed by atoms with Crippen LogP contribution in [-0.2, 0) is 113 Å². The molecule has 0 bridgehead atoms. The van der Waals surface area contributed by atoms with E-state index in [0.29, 0.717) is 0 Å². The zero-order chi connectivity index (χ0) is 26.5. The molecule has 30 heteroatoms. The smallest absolute Gasteiger partial charge is 0.199 e. The molecular formula is C6O24S6. The normalized spacial score (nSPS) is 40.7. The summed E-state index contributed by atoms with van der Waals surface area (Å²) in [5, 5.41) is 0. The highest BCUT2D eigenvalue weighted by atomic mass is 32.3. The second-order valence-corrected chi connectivity index (χ2v) is 14.0. The Bertz CT molecular complexity index is 1390. The third-order valence-corrected chi connectivity index (χ3v) is 10.5. The van der Waals surface area contributed by atoms with Crippen molar-refractivity contribution < 1.29 is 101 Å². The van der Waals surface area contributed by atoms with Gasteiger partial charge in [0.1, 0.15) is 0 Å². The third-order valence-electron chi connectivity index (χ3n) is 5.23. The summed E-state index contributed by atoms with van der Waals surface area (Å²) in [5.41, 5.74) is 0. The summed E-state index contributed by atoms with van der Waals surface area (Å²) in [5.74, 6) is -24.1. The van der Waals surface area contributed by atoms with Crippen LogP contribution in [-0.4, -0.2) is 85.2 Å². The largest absolute Gasteiger partial charge is 0.406 e. The monoisotopic (exact) mass is 648 g/mol. The lowest BCUT2D eigenvalue weighted by Crippen LogP contribution is -3.08. The summed E-state index contributed by atoms with van der Waals surface area (Å²) in [7, 11) is -32.2. The highest BCUT2D eigenvalue weighted by Crippen LogP contribution is 2.80. The first-order valence-corrected chi connectivity index (χ1v) is 15.9. The first kappa shape index (κ1) is 24.3. The molecule has 36 heavy (non-hydrogen) atoms. The third kappa shape index (κ3) is 2.20. The summed E-state index contributed by atoms with van der Waals surface area (Å²) in [6.07, 6.45) is 0. The molecule has 0 aromatic rings. The predicted molar refractivity (Wildman–Crippen MR) is 82.9 cm³/mol. The Morgan fingerprint density at radius 1 is 0.222 bits per heavy atom. The molecule has 0 atom stereocenters. The lowest BCUT2D eigenvalue weighted by molar-refractivity contribution is -0.642. The van der Waals surface area contributed by atoms with Crippen molar-refractivity contribution >= 4 is 62.4 Å². The molecule has 7 rings (SSSR count). The Morgan fingerprint density at radius 2 is 0.306 bits per heavy atom. The minimum atomic E-state index is -5.36. The van der Waals surface area contributed by atoms with E-state index in [1.165, 1.54) is 0 Å². The van der Waals surface area contributed by atoms with Gasteiger partial charge in [0.25, 0.3) is 0 Å². The van der Waals surface area contributed by atoms with Gasteiger partial charge >= 0.3 is 97.1 Å². The predicted octanol–water partition coefficient (Wildman–Crippen LogP) is -6.07. The van der Waals surface area contributed by atoms with Crippen molar-refractivity contribution in [2.24, 2.45) is 0 Å². The van der Waals surface area contributed by atoms with Crippen molar-refractivity contribution in [3.63, 3.8) is 0 Å². The molecule has 0 N–H and O–H groups in total. The molecule has 1 aliphatic carbocycles. The van der Waals surface area contributed by atoms with Crippen LogP contribution in [0.15, 0.2) is 0 Å². The SMILES string of the molecule is O=S1(=O)OC2(O1)C1(OS(=O)(=O)O1)C1(OS(=O)(=O)O1)C1(OS(=O)(=O)O1)C1(OS(=O)(=O)O1)C21OS(=O)(=O)O1.